The summed E-state index contributed by atoms with van der Waals surface area (Å²) >= 11 is 0. The lowest BCUT2D eigenvalue weighted by molar-refractivity contribution is -0.140. The maximum atomic E-state index is 11.7. The monoisotopic (exact) mass is 299 g/mol. The van der Waals surface area contributed by atoms with Crippen LogP contribution >= 0.6 is 0 Å². The Balaban J connectivity index is 2.35. The molecule has 1 unspecified atom stereocenters. The molecule has 0 heterocycles. The molecule has 1 aromatic rings. The molecule has 0 fully saturated rings. The Morgan fingerprint density at radius 1 is 1.35 bits per heavy atom. The van der Waals surface area contributed by atoms with Crippen LogP contribution in [0.3, 0.4) is 0 Å². The topological polar surface area (TPSA) is 92.7 Å². The molecular weight excluding hydrogens is 282 g/mol. The average Bonchev–Trinajstić information content (AvgIpc) is 2.38. The normalized spacial score (nSPS) is 13.2. The molecule has 6 nitrogen and oxygen atoms in total. The maximum absolute atomic E-state index is 11.7. The van der Waals surface area contributed by atoms with Crippen molar-refractivity contribution in [3.63, 3.8) is 0 Å². The van der Waals surface area contributed by atoms with Gasteiger partial charge in [-0.15, -0.1) is 0 Å². The molecule has 0 radical (unpaired) electrons. The van der Waals surface area contributed by atoms with E-state index in [4.69, 9.17) is 9.84 Å². The molecule has 110 valence electrons. The number of amides is 1. The van der Waals surface area contributed by atoms with Gasteiger partial charge < -0.3 is 15.2 Å². The fourth-order valence-corrected chi connectivity index (χ4v) is 2.49. The second kappa shape index (κ2) is 8.31. The Hall–Kier alpha value is -1.89. The van der Waals surface area contributed by atoms with Gasteiger partial charge in [0.15, 0.2) is 0 Å². The van der Waals surface area contributed by atoms with E-state index >= 15 is 0 Å². The molecule has 0 saturated carbocycles. The van der Waals surface area contributed by atoms with Crippen LogP contribution in [0.5, 0.6) is 5.75 Å². The van der Waals surface area contributed by atoms with Gasteiger partial charge in [0.1, 0.15) is 11.8 Å². The van der Waals surface area contributed by atoms with Crippen molar-refractivity contribution in [2.75, 3.05) is 18.1 Å². The summed E-state index contributed by atoms with van der Waals surface area (Å²) in [6.07, 6.45) is 0. The molecule has 0 spiro atoms. The van der Waals surface area contributed by atoms with Gasteiger partial charge in [-0.2, -0.15) is 0 Å². The summed E-state index contributed by atoms with van der Waals surface area (Å²) in [7, 11) is -1.38. The summed E-state index contributed by atoms with van der Waals surface area (Å²) in [5.41, 5.74) is 0. The minimum absolute atomic E-state index is 0.132. The van der Waals surface area contributed by atoms with Crippen molar-refractivity contribution >= 4 is 22.7 Å². The number of carbonyl (C=O) groups excluding carboxylic acids is 1. The molecule has 0 aliphatic carbocycles. The summed E-state index contributed by atoms with van der Waals surface area (Å²) in [6, 6.07) is 7.92. The van der Waals surface area contributed by atoms with Crippen molar-refractivity contribution in [2.24, 2.45) is 0 Å². The second-order valence-corrected chi connectivity index (χ2v) is 5.68. The molecule has 0 aliphatic heterocycles. The van der Waals surface area contributed by atoms with Crippen LogP contribution in [-0.4, -0.2) is 45.3 Å². The van der Waals surface area contributed by atoms with Gasteiger partial charge in [-0.1, -0.05) is 18.2 Å². The highest BCUT2D eigenvalue weighted by molar-refractivity contribution is 7.85. The standard InChI is InChI=1S/C13H17NO5S/c1-10(15)14-12(13(16)17)9-20(18)8-7-19-11-5-3-2-4-6-11/h2-6,12H,7-9H2,1H3,(H,14,15)(H,16,17)/t12-,20?/m0/s1. The number of carboxylic acids is 1. The molecule has 1 aromatic carbocycles. The van der Waals surface area contributed by atoms with Gasteiger partial charge in [-0.25, -0.2) is 4.79 Å². The van der Waals surface area contributed by atoms with Crippen molar-refractivity contribution < 1.29 is 23.6 Å². The Kier molecular flexibility index (Phi) is 6.72. The SMILES string of the molecule is CC(=O)N[C@@H](CS(=O)CCOc1ccccc1)C(=O)O. The van der Waals surface area contributed by atoms with E-state index in [-0.39, 0.29) is 18.1 Å². The van der Waals surface area contributed by atoms with Crippen LogP contribution in [0.4, 0.5) is 0 Å². The number of para-hydroxylation sites is 1. The van der Waals surface area contributed by atoms with Gasteiger partial charge in [0.2, 0.25) is 5.91 Å². The zero-order valence-corrected chi connectivity index (χ0v) is 11.9. The minimum atomic E-state index is -1.38. The fourth-order valence-electron chi connectivity index (χ4n) is 1.46. The third kappa shape index (κ3) is 6.33. The van der Waals surface area contributed by atoms with Gasteiger partial charge in [-0.05, 0) is 12.1 Å². The highest BCUT2D eigenvalue weighted by atomic mass is 32.2. The lowest BCUT2D eigenvalue weighted by Crippen LogP contribution is -2.43. The predicted molar refractivity (Wildman–Crippen MR) is 75.1 cm³/mol. The third-order valence-corrected chi connectivity index (χ3v) is 3.68. The van der Waals surface area contributed by atoms with Gasteiger partial charge in [0.05, 0.1) is 18.1 Å². The highest BCUT2D eigenvalue weighted by Gasteiger charge is 2.21. The van der Waals surface area contributed by atoms with Gasteiger partial charge in [0.25, 0.3) is 0 Å². The van der Waals surface area contributed by atoms with Crippen molar-refractivity contribution in [3.05, 3.63) is 30.3 Å². The summed E-state index contributed by atoms with van der Waals surface area (Å²) in [5, 5.41) is 11.1. The Bertz CT molecular complexity index is 477. The van der Waals surface area contributed by atoms with E-state index in [2.05, 4.69) is 5.32 Å². The molecule has 0 saturated heterocycles. The number of ether oxygens (including phenoxy) is 1. The maximum Gasteiger partial charge on any atom is 0.327 e. The first-order valence-electron chi connectivity index (χ1n) is 6.01. The van der Waals surface area contributed by atoms with Crippen LogP contribution in [0.25, 0.3) is 0 Å². The quantitative estimate of drug-likeness (QED) is 0.725. The van der Waals surface area contributed by atoms with Crippen LogP contribution in [-0.2, 0) is 20.4 Å². The molecule has 0 bridgehead atoms. The van der Waals surface area contributed by atoms with E-state index in [1.54, 1.807) is 12.1 Å². The number of carbonyl (C=O) groups is 2. The molecule has 2 N–H and O–H groups in total. The molecule has 0 aromatic heterocycles. The lowest BCUT2D eigenvalue weighted by Gasteiger charge is -2.13. The number of benzene rings is 1. The molecule has 1 amide bonds. The van der Waals surface area contributed by atoms with Crippen molar-refractivity contribution in [3.8, 4) is 5.75 Å². The molecule has 2 atom stereocenters. The number of rotatable bonds is 8. The number of aliphatic carboxylic acids is 1. The van der Waals surface area contributed by atoms with Crippen LogP contribution in [0.1, 0.15) is 6.92 Å². The largest absolute Gasteiger partial charge is 0.493 e. The number of nitrogens with one attached hydrogen (secondary N) is 1. The molecule has 20 heavy (non-hydrogen) atoms. The average molecular weight is 299 g/mol. The van der Waals surface area contributed by atoms with E-state index in [1.807, 2.05) is 18.2 Å². The summed E-state index contributed by atoms with van der Waals surface area (Å²) in [6.45, 7) is 1.44. The van der Waals surface area contributed by atoms with Crippen LogP contribution in [0.2, 0.25) is 0 Å². The Morgan fingerprint density at radius 3 is 2.55 bits per heavy atom. The van der Waals surface area contributed by atoms with E-state index in [9.17, 15) is 13.8 Å². The van der Waals surface area contributed by atoms with Crippen molar-refractivity contribution in [1.82, 2.24) is 5.32 Å². The van der Waals surface area contributed by atoms with Crippen molar-refractivity contribution in [2.45, 2.75) is 13.0 Å². The number of hydrogen-bond acceptors (Lipinski definition) is 4. The van der Waals surface area contributed by atoms with E-state index in [0.29, 0.717) is 5.75 Å². The first-order chi connectivity index (χ1) is 9.49. The third-order valence-electron chi connectivity index (χ3n) is 2.35. The highest BCUT2D eigenvalue weighted by Crippen LogP contribution is 2.07. The Morgan fingerprint density at radius 2 is 2.00 bits per heavy atom. The summed E-state index contributed by atoms with van der Waals surface area (Å²) in [4.78, 5) is 21.7. The van der Waals surface area contributed by atoms with Crippen molar-refractivity contribution in [1.29, 1.82) is 0 Å². The van der Waals surface area contributed by atoms with Crippen LogP contribution in [0.15, 0.2) is 30.3 Å². The molecule has 0 aliphatic rings. The van der Waals surface area contributed by atoms with Gasteiger partial charge >= 0.3 is 5.97 Å². The summed E-state index contributed by atoms with van der Waals surface area (Å²) < 4.78 is 17.1. The summed E-state index contributed by atoms with van der Waals surface area (Å²) in [5.74, 6) is -0.917. The minimum Gasteiger partial charge on any atom is -0.493 e. The van der Waals surface area contributed by atoms with Crippen LogP contribution in [0, 0.1) is 0 Å². The first-order valence-corrected chi connectivity index (χ1v) is 7.50. The van der Waals surface area contributed by atoms with E-state index < -0.39 is 28.7 Å². The fraction of sp³-hybridized carbons (Fsp3) is 0.385. The van der Waals surface area contributed by atoms with E-state index in [1.165, 1.54) is 6.92 Å². The number of hydrogen-bond donors (Lipinski definition) is 2. The second-order valence-electron chi connectivity index (χ2n) is 4.06. The van der Waals surface area contributed by atoms with Gasteiger partial charge in [-0.3, -0.25) is 9.00 Å². The van der Waals surface area contributed by atoms with E-state index in [0.717, 1.165) is 0 Å². The predicted octanol–water partition coefficient (Wildman–Crippen LogP) is 0.403. The zero-order chi connectivity index (χ0) is 15.0. The van der Waals surface area contributed by atoms with Crippen LogP contribution < -0.4 is 10.1 Å². The number of carboxylic acid groups (broad SMARTS) is 1. The first kappa shape index (κ1) is 16.2. The zero-order valence-electron chi connectivity index (χ0n) is 11.1. The molecular formula is C13H17NO5S. The molecule has 7 heteroatoms. The Labute approximate surface area is 119 Å². The molecule has 1 rings (SSSR count). The van der Waals surface area contributed by atoms with Gasteiger partial charge in [0, 0.05) is 17.7 Å². The lowest BCUT2D eigenvalue weighted by atomic mass is 10.3. The smallest absolute Gasteiger partial charge is 0.327 e.